The summed E-state index contributed by atoms with van der Waals surface area (Å²) in [6, 6.07) is 12.1. The zero-order chi connectivity index (χ0) is 14.7. The molecule has 0 aliphatic rings. The summed E-state index contributed by atoms with van der Waals surface area (Å²) in [5, 5.41) is 4.56. The third kappa shape index (κ3) is 2.74. The first-order valence-corrected chi connectivity index (χ1v) is 6.63. The first-order valence-electron chi connectivity index (χ1n) is 6.63. The third-order valence-corrected chi connectivity index (χ3v) is 3.14. The summed E-state index contributed by atoms with van der Waals surface area (Å²) in [6.07, 6.45) is 5.46. The van der Waals surface area contributed by atoms with Crippen molar-refractivity contribution >= 4 is 0 Å². The number of pyridine rings is 1. The van der Waals surface area contributed by atoms with Gasteiger partial charge in [-0.25, -0.2) is 4.39 Å². The molecule has 0 unspecified atom stereocenters. The average molecular weight is 279 g/mol. The molecule has 3 rings (SSSR count). The van der Waals surface area contributed by atoms with E-state index in [0.717, 1.165) is 22.5 Å². The Morgan fingerprint density at radius 3 is 2.62 bits per heavy atom. The molecule has 0 spiro atoms. The smallest absolute Gasteiger partial charge is 0.123 e. The highest BCUT2D eigenvalue weighted by Crippen LogP contribution is 2.29. The van der Waals surface area contributed by atoms with Gasteiger partial charge in [0, 0.05) is 23.5 Å². The zero-order valence-electron chi connectivity index (χ0n) is 11.4. The predicted molar refractivity (Wildman–Crippen MR) is 81.0 cm³/mol. The van der Waals surface area contributed by atoms with E-state index in [0.29, 0.717) is 6.54 Å². The summed E-state index contributed by atoms with van der Waals surface area (Å²) < 4.78 is 14.9. The Hall–Kier alpha value is -2.75. The molecule has 0 saturated carbocycles. The fourth-order valence-corrected chi connectivity index (χ4v) is 2.18. The number of nitrogens with zero attached hydrogens (tertiary/aromatic N) is 3. The van der Waals surface area contributed by atoms with Crippen molar-refractivity contribution in [1.82, 2.24) is 14.8 Å². The van der Waals surface area contributed by atoms with Crippen LogP contribution in [-0.2, 0) is 6.54 Å². The molecule has 4 heteroatoms. The Morgan fingerprint density at radius 1 is 1.14 bits per heavy atom. The van der Waals surface area contributed by atoms with Gasteiger partial charge in [0.15, 0.2) is 0 Å². The van der Waals surface area contributed by atoms with Gasteiger partial charge in [-0.05, 0) is 36.4 Å². The molecule has 3 nitrogen and oxygen atoms in total. The first kappa shape index (κ1) is 13.2. The van der Waals surface area contributed by atoms with E-state index < -0.39 is 0 Å². The number of rotatable bonds is 4. The lowest BCUT2D eigenvalue weighted by atomic mass is 10.1. The van der Waals surface area contributed by atoms with Crippen LogP contribution in [0.1, 0.15) is 0 Å². The van der Waals surface area contributed by atoms with Gasteiger partial charge in [-0.3, -0.25) is 9.67 Å². The van der Waals surface area contributed by atoms with Gasteiger partial charge in [0.25, 0.3) is 0 Å². The van der Waals surface area contributed by atoms with Gasteiger partial charge < -0.3 is 0 Å². The van der Waals surface area contributed by atoms with Crippen molar-refractivity contribution in [3.05, 3.63) is 73.3 Å². The van der Waals surface area contributed by atoms with E-state index in [9.17, 15) is 4.39 Å². The highest BCUT2D eigenvalue weighted by atomic mass is 19.1. The number of allylic oxidation sites excluding steroid dienone is 1. The molecule has 0 atom stereocenters. The van der Waals surface area contributed by atoms with Gasteiger partial charge in [-0.15, -0.1) is 6.58 Å². The van der Waals surface area contributed by atoms with Crippen LogP contribution in [0, 0.1) is 5.82 Å². The molecule has 104 valence electrons. The second-order valence-corrected chi connectivity index (χ2v) is 4.62. The standard InChI is InChI=1S/C17H14FN3/c1-2-11-21-12-15(16-5-3-4-10-19-16)17(20-21)13-6-8-14(18)9-7-13/h2-10,12H,1,11H2. The number of hydrogen-bond acceptors (Lipinski definition) is 2. The molecular formula is C17H14FN3. The minimum Gasteiger partial charge on any atom is -0.268 e. The van der Waals surface area contributed by atoms with E-state index in [1.165, 1.54) is 12.1 Å². The third-order valence-electron chi connectivity index (χ3n) is 3.14. The Bertz CT molecular complexity index is 745. The number of aromatic nitrogens is 3. The average Bonchev–Trinajstić information content (AvgIpc) is 2.93. The van der Waals surface area contributed by atoms with Crippen molar-refractivity contribution < 1.29 is 4.39 Å². The zero-order valence-corrected chi connectivity index (χ0v) is 11.4. The normalized spacial score (nSPS) is 10.5. The van der Waals surface area contributed by atoms with Crippen molar-refractivity contribution in [2.24, 2.45) is 0 Å². The van der Waals surface area contributed by atoms with Crippen LogP contribution in [-0.4, -0.2) is 14.8 Å². The highest BCUT2D eigenvalue weighted by molar-refractivity contribution is 5.78. The fourth-order valence-electron chi connectivity index (χ4n) is 2.18. The van der Waals surface area contributed by atoms with E-state index in [4.69, 9.17) is 0 Å². The van der Waals surface area contributed by atoms with Crippen LogP contribution in [0.5, 0.6) is 0 Å². The van der Waals surface area contributed by atoms with Crippen LogP contribution in [0.25, 0.3) is 22.5 Å². The molecule has 0 N–H and O–H groups in total. The van der Waals surface area contributed by atoms with Crippen molar-refractivity contribution in [3.63, 3.8) is 0 Å². The maximum Gasteiger partial charge on any atom is 0.123 e. The Kier molecular flexibility index (Phi) is 3.60. The molecule has 0 aliphatic heterocycles. The van der Waals surface area contributed by atoms with E-state index >= 15 is 0 Å². The SMILES string of the molecule is C=CCn1cc(-c2ccccn2)c(-c2ccc(F)cc2)n1. The highest BCUT2D eigenvalue weighted by Gasteiger charge is 2.13. The van der Waals surface area contributed by atoms with Crippen molar-refractivity contribution in [2.75, 3.05) is 0 Å². The molecule has 21 heavy (non-hydrogen) atoms. The molecule has 2 aromatic heterocycles. The van der Waals surface area contributed by atoms with Crippen molar-refractivity contribution in [2.45, 2.75) is 6.54 Å². The summed E-state index contributed by atoms with van der Waals surface area (Å²) in [5.74, 6) is -0.260. The molecular weight excluding hydrogens is 265 g/mol. The van der Waals surface area contributed by atoms with E-state index in [1.807, 2.05) is 24.4 Å². The molecule has 0 fully saturated rings. The maximum absolute atomic E-state index is 13.1. The molecule has 0 bridgehead atoms. The van der Waals surface area contributed by atoms with Crippen LogP contribution in [0.2, 0.25) is 0 Å². The summed E-state index contributed by atoms with van der Waals surface area (Å²) in [5.41, 5.74) is 3.41. The van der Waals surface area contributed by atoms with Gasteiger partial charge in [0.2, 0.25) is 0 Å². The Morgan fingerprint density at radius 2 is 1.95 bits per heavy atom. The van der Waals surface area contributed by atoms with Crippen LogP contribution >= 0.6 is 0 Å². The number of benzene rings is 1. The molecule has 0 amide bonds. The summed E-state index contributed by atoms with van der Waals surface area (Å²) in [6.45, 7) is 4.34. The maximum atomic E-state index is 13.1. The second-order valence-electron chi connectivity index (χ2n) is 4.62. The van der Waals surface area contributed by atoms with Gasteiger partial charge in [0.1, 0.15) is 11.5 Å². The van der Waals surface area contributed by atoms with Gasteiger partial charge >= 0.3 is 0 Å². The monoisotopic (exact) mass is 279 g/mol. The quantitative estimate of drug-likeness (QED) is 0.677. The van der Waals surface area contributed by atoms with Crippen molar-refractivity contribution in [1.29, 1.82) is 0 Å². The Balaban J connectivity index is 2.14. The lowest BCUT2D eigenvalue weighted by Crippen LogP contribution is -1.94. The molecule has 2 heterocycles. The van der Waals surface area contributed by atoms with Gasteiger partial charge in [0.05, 0.1) is 12.2 Å². The predicted octanol–water partition coefficient (Wildman–Crippen LogP) is 3.94. The number of hydrogen-bond donors (Lipinski definition) is 0. The second kappa shape index (κ2) is 5.71. The van der Waals surface area contributed by atoms with Crippen LogP contribution < -0.4 is 0 Å². The Labute approximate surface area is 122 Å². The van der Waals surface area contributed by atoms with E-state index in [1.54, 1.807) is 29.1 Å². The molecule has 3 aromatic rings. The van der Waals surface area contributed by atoms with Gasteiger partial charge in [-0.2, -0.15) is 5.10 Å². The van der Waals surface area contributed by atoms with Crippen LogP contribution in [0.3, 0.4) is 0 Å². The summed E-state index contributed by atoms with van der Waals surface area (Å²) in [7, 11) is 0. The summed E-state index contributed by atoms with van der Waals surface area (Å²) in [4.78, 5) is 4.37. The molecule has 1 aromatic carbocycles. The molecule has 0 radical (unpaired) electrons. The topological polar surface area (TPSA) is 30.7 Å². The van der Waals surface area contributed by atoms with Crippen molar-refractivity contribution in [3.8, 4) is 22.5 Å². The summed E-state index contributed by atoms with van der Waals surface area (Å²) >= 11 is 0. The van der Waals surface area contributed by atoms with E-state index in [2.05, 4.69) is 16.7 Å². The largest absolute Gasteiger partial charge is 0.268 e. The van der Waals surface area contributed by atoms with E-state index in [-0.39, 0.29) is 5.82 Å². The number of halogens is 1. The first-order chi connectivity index (χ1) is 10.3. The van der Waals surface area contributed by atoms with Crippen LogP contribution in [0.15, 0.2) is 67.5 Å². The van der Waals surface area contributed by atoms with Gasteiger partial charge in [-0.1, -0.05) is 12.1 Å². The minimum absolute atomic E-state index is 0.260. The lowest BCUT2D eigenvalue weighted by molar-refractivity contribution is 0.628. The van der Waals surface area contributed by atoms with Crippen LogP contribution in [0.4, 0.5) is 4.39 Å². The lowest BCUT2D eigenvalue weighted by Gasteiger charge is -2.01. The fraction of sp³-hybridized carbons (Fsp3) is 0.0588. The molecule has 0 aliphatic carbocycles. The molecule has 0 saturated heterocycles. The minimum atomic E-state index is -0.260.